The Morgan fingerprint density at radius 3 is 2.52 bits per heavy atom. The van der Waals surface area contributed by atoms with Crippen molar-refractivity contribution in [1.82, 2.24) is 4.90 Å². The molecule has 162 valence electrons. The highest BCUT2D eigenvalue weighted by Crippen LogP contribution is 2.38. The molecule has 0 spiro atoms. The quantitative estimate of drug-likeness (QED) is 0.523. The Hall–Kier alpha value is -2.83. The third-order valence-corrected chi connectivity index (χ3v) is 6.54. The van der Waals surface area contributed by atoms with Crippen molar-refractivity contribution in [3.63, 3.8) is 0 Å². The van der Waals surface area contributed by atoms with Crippen molar-refractivity contribution in [1.29, 1.82) is 0 Å². The molecule has 1 atom stereocenters. The summed E-state index contributed by atoms with van der Waals surface area (Å²) < 4.78 is 11.7. The molecule has 0 amide bonds. The Morgan fingerprint density at radius 2 is 1.87 bits per heavy atom. The van der Waals surface area contributed by atoms with Crippen LogP contribution >= 0.6 is 11.3 Å². The van der Waals surface area contributed by atoms with Gasteiger partial charge in [-0.2, -0.15) is 11.3 Å². The van der Waals surface area contributed by atoms with Gasteiger partial charge in [-0.3, -0.25) is 9.69 Å². The van der Waals surface area contributed by atoms with Crippen LogP contribution in [0.1, 0.15) is 35.6 Å². The molecule has 2 aromatic carbocycles. The summed E-state index contributed by atoms with van der Waals surface area (Å²) in [5.74, 6) is 0.480. The zero-order valence-electron chi connectivity index (χ0n) is 17.6. The fourth-order valence-electron chi connectivity index (χ4n) is 4.16. The van der Waals surface area contributed by atoms with Crippen LogP contribution in [0.15, 0.2) is 65.4 Å². The van der Waals surface area contributed by atoms with Gasteiger partial charge in [-0.15, -0.1) is 0 Å². The van der Waals surface area contributed by atoms with Gasteiger partial charge in [0.2, 0.25) is 0 Å². The topological polar surface area (TPSA) is 59.0 Å². The second kappa shape index (κ2) is 9.98. The molecule has 6 heteroatoms. The van der Waals surface area contributed by atoms with Gasteiger partial charge in [0, 0.05) is 0 Å². The Labute approximate surface area is 186 Å². The Morgan fingerprint density at radius 1 is 1.10 bits per heavy atom. The number of likely N-dealkylation sites (tertiary alicyclic amines) is 1. The molecule has 1 aliphatic heterocycles. The minimum atomic E-state index is -0.687. The van der Waals surface area contributed by atoms with Crippen LogP contribution in [0.25, 0.3) is 0 Å². The van der Waals surface area contributed by atoms with Gasteiger partial charge in [-0.1, -0.05) is 36.4 Å². The van der Waals surface area contributed by atoms with Crippen LogP contribution < -0.4 is 9.47 Å². The number of hydrogen-bond acceptors (Lipinski definition) is 5. The van der Waals surface area contributed by atoms with Gasteiger partial charge >= 0.3 is 5.97 Å². The predicted molar refractivity (Wildman–Crippen MR) is 122 cm³/mol. The van der Waals surface area contributed by atoms with E-state index >= 15 is 0 Å². The third-order valence-electron chi connectivity index (χ3n) is 5.84. The van der Waals surface area contributed by atoms with Crippen molar-refractivity contribution in [2.45, 2.75) is 25.5 Å². The normalized spacial score (nSPS) is 16.0. The maximum absolute atomic E-state index is 11.4. The van der Waals surface area contributed by atoms with E-state index in [1.165, 1.54) is 5.56 Å². The van der Waals surface area contributed by atoms with Crippen LogP contribution in [0.2, 0.25) is 0 Å². The molecule has 0 saturated carbocycles. The lowest BCUT2D eigenvalue weighted by Gasteiger charge is -2.36. The SMILES string of the molecule is COc1cc(C(c2ccsc2)N2CCC(C(=O)O)CC2)ccc1OCc1ccccc1. The summed E-state index contributed by atoms with van der Waals surface area (Å²) in [6.07, 6.45) is 1.34. The number of piperidine rings is 1. The molecule has 4 rings (SSSR count). The number of aliphatic carboxylic acids is 1. The monoisotopic (exact) mass is 437 g/mol. The summed E-state index contributed by atoms with van der Waals surface area (Å²) in [6, 6.07) is 18.4. The van der Waals surface area contributed by atoms with Gasteiger partial charge in [0.15, 0.2) is 11.5 Å². The van der Waals surface area contributed by atoms with E-state index < -0.39 is 5.97 Å². The summed E-state index contributed by atoms with van der Waals surface area (Å²) >= 11 is 1.67. The Balaban J connectivity index is 1.56. The smallest absolute Gasteiger partial charge is 0.306 e. The average Bonchev–Trinajstić information content (AvgIpc) is 3.33. The third kappa shape index (κ3) is 5.09. The standard InChI is InChI=1S/C25H27NO4S/c1-29-23-15-20(7-8-22(23)30-16-18-5-3-2-4-6-18)24(21-11-14-31-17-21)26-12-9-19(10-13-26)25(27)28/h2-8,11,14-15,17,19,24H,9-10,12-13,16H2,1H3,(H,27,28). The van der Waals surface area contributed by atoms with Crippen LogP contribution in [0, 0.1) is 5.92 Å². The van der Waals surface area contributed by atoms with E-state index in [0.717, 1.165) is 24.2 Å². The molecule has 1 saturated heterocycles. The van der Waals surface area contributed by atoms with Crippen molar-refractivity contribution in [3.05, 3.63) is 82.0 Å². The number of rotatable bonds is 8. The van der Waals surface area contributed by atoms with Gasteiger partial charge in [0.05, 0.1) is 19.1 Å². The van der Waals surface area contributed by atoms with Gasteiger partial charge in [-0.05, 0) is 71.6 Å². The van der Waals surface area contributed by atoms with Crippen molar-refractivity contribution >= 4 is 17.3 Å². The molecule has 1 unspecified atom stereocenters. The van der Waals surface area contributed by atoms with Crippen LogP contribution in [-0.4, -0.2) is 36.2 Å². The summed E-state index contributed by atoms with van der Waals surface area (Å²) in [5, 5.41) is 13.6. The highest BCUT2D eigenvalue weighted by molar-refractivity contribution is 7.08. The molecule has 2 heterocycles. The number of nitrogens with zero attached hydrogens (tertiary/aromatic N) is 1. The number of benzene rings is 2. The minimum Gasteiger partial charge on any atom is -0.493 e. The summed E-state index contributed by atoms with van der Waals surface area (Å²) in [7, 11) is 1.66. The van der Waals surface area contributed by atoms with Crippen molar-refractivity contribution in [2.75, 3.05) is 20.2 Å². The number of thiophene rings is 1. The first-order valence-corrected chi connectivity index (χ1v) is 11.4. The second-order valence-corrected chi connectivity index (χ2v) is 8.57. The zero-order chi connectivity index (χ0) is 21.6. The summed E-state index contributed by atoms with van der Waals surface area (Å²) in [5.41, 5.74) is 3.45. The molecule has 0 aliphatic carbocycles. The molecule has 0 radical (unpaired) electrons. The van der Waals surface area contributed by atoms with Gasteiger partial charge < -0.3 is 14.6 Å². The molecular formula is C25H27NO4S. The van der Waals surface area contributed by atoms with Crippen molar-refractivity contribution < 1.29 is 19.4 Å². The second-order valence-electron chi connectivity index (χ2n) is 7.79. The van der Waals surface area contributed by atoms with E-state index in [-0.39, 0.29) is 12.0 Å². The maximum Gasteiger partial charge on any atom is 0.306 e. The van der Waals surface area contributed by atoms with Crippen LogP contribution in [0.4, 0.5) is 0 Å². The first kappa shape index (κ1) is 21.4. The first-order valence-electron chi connectivity index (χ1n) is 10.5. The lowest BCUT2D eigenvalue weighted by Crippen LogP contribution is -2.39. The lowest BCUT2D eigenvalue weighted by atomic mass is 9.92. The van der Waals surface area contributed by atoms with E-state index in [2.05, 4.69) is 27.8 Å². The van der Waals surface area contributed by atoms with Crippen molar-refractivity contribution in [3.8, 4) is 11.5 Å². The maximum atomic E-state index is 11.4. The first-order chi connectivity index (χ1) is 15.2. The van der Waals surface area contributed by atoms with E-state index in [1.807, 2.05) is 42.5 Å². The van der Waals surface area contributed by atoms with Gasteiger partial charge in [-0.25, -0.2) is 0 Å². The largest absolute Gasteiger partial charge is 0.493 e. The van der Waals surface area contributed by atoms with Crippen LogP contribution in [0.5, 0.6) is 11.5 Å². The summed E-state index contributed by atoms with van der Waals surface area (Å²) in [6.45, 7) is 1.99. The molecule has 0 bridgehead atoms. The molecule has 1 N–H and O–H groups in total. The predicted octanol–water partition coefficient (Wildman–Crippen LogP) is 5.22. The average molecular weight is 438 g/mol. The van der Waals surface area contributed by atoms with E-state index in [0.29, 0.717) is 30.9 Å². The molecule has 1 aliphatic rings. The Kier molecular flexibility index (Phi) is 6.89. The minimum absolute atomic E-state index is 0.0677. The van der Waals surface area contributed by atoms with E-state index in [9.17, 15) is 9.90 Å². The van der Waals surface area contributed by atoms with Gasteiger partial charge in [0.25, 0.3) is 0 Å². The fraction of sp³-hybridized carbons (Fsp3) is 0.320. The molecular weight excluding hydrogens is 410 g/mol. The van der Waals surface area contributed by atoms with Crippen molar-refractivity contribution in [2.24, 2.45) is 5.92 Å². The molecule has 1 fully saturated rings. The van der Waals surface area contributed by atoms with Gasteiger partial charge in [0.1, 0.15) is 6.61 Å². The summed E-state index contributed by atoms with van der Waals surface area (Å²) in [4.78, 5) is 13.7. The zero-order valence-corrected chi connectivity index (χ0v) is 18.4. The number of hydrogen-bond donors (Lipinski definition) is 1. The van der Waals surface area contributed by atoms with E-state index in [4.69, 9.17) is 9.47 Å². The highest BCUT2D eigenvalue weighted by Gasteiger charge is 2.30. The number of carboxylic acids is 1. The number of carboxylic acid groups (broad SMARTS) is 1. The molecule has 31 heavy (non-hydrogen) atoms. The molecule has 5 nitrogen and oxygen atoms in total. The van der Waals surface area contributed by atoms with Crippen LogP contribution in [-0.2, 0) is 11.4 Å². The number of carbonyl (C=O) groups is 1. The highest BCUT2D eigenvalue weighted by atomic mass is 32.1. The van der Waals surface area contributed by atoms with Crippen LogP contribution in [0.3, 0.4) is 0 Å². The Bertz CT molecular complexity index is 982. The molecule has 1 aromatic heterocycles. The van der Waals surface area contributed by atoms with E-state index in [1.54, 1.807) is 18.4 Å². The number of ether oxygens (including phenoxy) is 2. The number of methoxy groups -OCH3 is 1. The fourth-order valence-corrected chi connectivity index (χ4v) is 4.84. The molecule has 3 aromatic rings. The lowest BCUT2D eigenvalue weighted by molar-refractivity contribution is -0.143.